The van der Waals surface area contributed by atoms with Crippen molar-refractivity contribution in [1.29, 1.82) is 0 Å². The molecule has 6 heteroatoms. The zero-order valence-corrected chi connectivity index (χ0v) is 11.8. The van der Waals surface area contributed by atoms with Crippen molar-refractivity contribution in [2.75, 3.05) is 25.1 Å². The maximum atomic E-state index is 11.7. The number of benzene rings is 1. The normalized spacial score (nSPS) is 13.7. The van der Waals surface area contributed by atoms with Gasteiger partial charge in [-0.15, -0.1) is 0 Å². The van der Waals surface area contributed by atoms with Crippen LogP contribution in [0, 0.1) is 5.92 Å². The summed E-state index contributed by atoms with van der Waals surface area (Å²) in [4.78, 5) is 22.3. The highest BCUT2D eigenvalue weighted by atomic mass is 16.5. The molecule has 1 aliphatic carbocycles. The van der Waals surface area contributed by atoms with Crippen molar-refractivity contribution in [3.8, 4) is 0 Å². The minimum Gasteiger partial charge on any atom is -0.481 e. The maximum Gasteiger partial charge on any atom is 0.319 e. The number of carboxylic acid groups (broad SMARTS) is 1. The van der Waals surface area contributed by atoms with Crippen LogP contribution in [-0.2, 0) is 16.0 Å². The molecule has 0 spiro atoms. The number of carboxylic acids is 1. The summed E-state index contributed by atoms with van der Waals surface area (Å²) >= 11 is 0. The Kier molecular flexibility index (Phi) is 5.57. The second kappa shape index (κ2) is 7.64. The van der Waals surface area contributed by atoms with E-state index in [1.165, 1.54) is 12.8 Å². The van der Waals surface area contributed by atoms with Crippen molar-refractivity contribution in [2.45, 2.75) is 19.3 Å². The molecule has 1 saturated carbocycles. The molecule has 1 aliphatic rings. The third-order valence-electron chi connectivity index (χ3n) is 3.12. The summed E-state index contributed by atoms with van der Waals surface area (Å²) in [6, 6.07) is 6.47. The number of anilines is 1. The summed E-state index contributed by atoms with van der Waals surface area (Å²) in [5.74, 6) is -0.180. The van der Waals surface area contributed by atoms with Gasteiger partial charge in [-0.2, -0.15) is 0 Å². The van der Waals surface area contributed by atoms with Gasteiger partial charge in [0, 0.05) is 18.8 Å². The smallest absolute Gasteiger partial charge is 0.319 e. The summed E-state index contributed by atoms with van der Waals surface area (Å²) < 4.78 is 5.41. The lowest BCUT2D eigenvalue weighted by Crippen LogP contribution is -2.31. The topological polar surface area (TPSA) is 87.7 Å². The predicted molar refractivity (Wildman–Crippen MR) is 78.3 cm³/mol. The summed E-state index contributed by atoms with van der Waals surface area (Å²) in [5, 5.41) is 14.1. The number of urea groups is 1. The number of hydrogen-bond acceptors (Lipinski definition) is 3. The van der Waals surface area contributed by atoms with Crippen LogP contribution in [0.5, 0.6) is 0 Å². The van der Waals surface area contributed by atoms with Gasteiger partial charge in [0.1, 0.15) is 0 Å². The highest BCUT2D eigenvalue weighted by molar-refractivity contribution is 5.89. The molecule has 0 heterocycles. The van der Waals surface area contributed by atoms with Gasteiger partial charge in [-0.3, -0.25) is 4.79 Å². The van der Waals surface area contributed by atoms with E-state index in [9.17, 15) is 9.59 Å². The number of rotatable bonds is 8. The van der Waals surface area contributed by atoms with Gasteiger partial charge in [-0.25, -0.2) is 4.79 Å². The van der Waals surface area contributed by atoms with Crippen molar-refractivity contribution in [3.05, 3.63) is 29.8 Å². The van der Waals surface area contributed by atoms with Gasteiger partial charge in [0.05, 0.1) is 13.0 Å². The molecule has 21 heavy (non-hydrogen) atoms. The van der Waals surface area contributed by atoms with Gasteiger partial charge < -0.3 is 20.5 Å². The molecule has 0 saturated heterocycles. The predicted octanol–water partition coefficient (Wildman–Crippen LogP) is 1.86. The van der Waals surface area contributed by atoms with Crippen LogP contribution >= 0.6 is 0 Å². The van der Waals surface area contributed by atoms with Crippen LogP contribution in [0.4, 0.5) is 10.5 Å². The molecule has 114 valence electrons. The van der Waals surface area contributed by atoms with Crippen LogP contribution in [0.25, 0.3) is 0 Å². The van der Waals surface area contributed by atoms with Crippen LogP contribution in [0.15, 0.2) is 24.3 Å². The third-order valence-corrected chi connectivity index (χ3v) is 3.12. The molecule has 1 aromatic rings. The molecular weight excluding hydrogens is 272 g/mol. The van der Waals surface area contributed by atoms with Gasteiger partial charge in [-0.05, 0) is 36.5 Å². The lowest BCUT2D eigenvalue weighted by atomic mass is 10.1. The van der Waals surface area contributed by atoms with Gasteiger partial charge >= 0.3 is 12.0 Å². The zero-order valence-electron chi connectivity index (χ0n) is 11.8. The molecule has 0 atom stereocenters. The van der Waals surface area contributed by atoms with Crippen molar-refractivity contribution in [3.63, 3.8) is 0 Å². The molecule has 0 radical (unpaired) electrons. The first kappa shape index (κ1) is 15.3. The van der Waals surface area contributed by atoms with Crippen LogP contribution < -0.4 is 10.6 Å². The first-order valence-corrected chi connectivity index (χ1v) is 7.07. The maximum absolute atomic E-state index is 11.7. The fourth-order valence-corrected chi connectivity index (χ4v) is 1.88. The number of amides is 2. The standard InChI is InChI=1S/C15H20N2O4/c18-14(19)9-12-2-1-3-13(8-12)17-15(20)16-6-7-21-10-11-4-5-11/h1-3,8,11H,4-7,9-10H2,(H,18,19)(H2,16,17,20). The zero-order chi connectivity index (χ0) is 15.1. The Hall–Kier alpha value is -2.08. The molecule has 2 rings (SSSR count). The van der Waals surface area contributed by atoms with Gasteiger partial charge in [0.15, 0.2) is 0 Å². The van der Waals surface area contributed by atoms with E-state index in [2.05, 4.69) is 10.6 Å². The number of nitrogens with one attached hydrogen (secondary N) is 2. The monoisotopic (exact) mass is 292 g/mol. The molecule has 0 aromatic heterocycles. The van der Waals surface area contributed by atoms with Crippen molar-refractivity contribution in [2.24, 2.45) is 5.92 Å². The van der Waals surface area contributed by atoms with E-state index in [0.29, 0.717) is 24.4 Å². The van der Waals surface area contributed by atoms with E-state index in [1.54, 1.807) is 24.3 Å². The highest BCUT2D eigenvalue weighted by Crippen LogP contribution is 2.28. The molecule has 2 amide bonds. The molecule has 1 fully saturated rings. The Morgan fingerprint density at radius 1 is 1.33 bits per heavy atom. The molecule has 0 aliphatic heterocycles. The molecule has 3 N–H and O–H groups in total. The second-order valence-electron chi connectivity index (χ2n) is 5.17. The van der Waals surface area contributed by atoms with E-state index in [1.807, 2.05) is 0 Å². The van der Waals surface area contributed by atoms with Gasteiger partial charge in [0.2, 0.25) is 0 Å². The second-order valence-corrected chi connectivity index (χ2v) is 5.17. The Labute approximate surface area is 123 Å². The molecule has 0 unspecified atom stereocenters. The Morgan fingerprint density at radius 3 is 2.86 bits per heavy atom. The summed E-state index contributed by atoms with van der Waals surface area (Å²) in [5.41, 5.74) is 1.22. The Balaban J connectivity index is 1.67. The molecule has 1 aromatic carbocycles. The van der Waals surface area contributed by atoms with E-state index in [4.69, 9.17) is 9.84 Å². The van der Waals surface area contributed by atoms with Crippen molar-refractivity contribution in [1.82, 2.24) is 5.32 Å². The SMILES string of the molecule is O=C(O)Cc1cccc(NC(=O)NCCOCC2CC2)c1. The fourth-order valence-electron chi connectivity index (χ4n) is 1.88. The number of ether oxygens (including phenoxy) is 1. The average Bonchev–Trinajstić information content (AvgIpc) is 3.22. The minimum atomic E-state index is -0.899. The number of carbonyl (C=O) groups is 2. The summed E-state index contributed by atoms with van der Waals surface area (Å²) in [6.07, 6.45) is 2.44. The van der Waals surface area contributed by atoms with E-state index in [-0.39, 0.29) is 12.5 Å². The van der Waals surface area contributed by atoms with Crippen LogP contribution in [-0.4, -0.2) is 36.9 Å². The quantitative estimate of drug-likeness (QED) is 0.638. The van der Waals surface area contributed by atoms with Gasteiger partial charge in [-0.1, -0.05) is 12.1 Å². The number of aliphatic carboxylic acids is 1. The Morgan fingerprint density at radius 2 is 2.14 bits per heavy atom. The minimum absolute atomic E-state index is 0.0633. The lowest BCUT2D eigenvalue weighted by Gasteiger charge is -2.09. The van der Waals surface area contributed by atoms with Crippen molar-refractivity contribution < 1.29 is 19.4 Å². The van der Waals surface area contributed by atoms with Crippen LogP contribution in [0.3, 0.4) is 0 Å². The fraction of sp³-hybridized carbons (Fsp3) is 0.467. The molecular formula is C15H20N2O4. The molecule has 0 bridgehead atoms. The lowest BCUT2D eigenvalue weighted by molar-refractivity contribution is -0.136. The Bertz CT molecular complexity index is 500. The van der Waals surface area contributed by atoms with E-state index < -0.39 is 5.97 Å². The third kappa shape index (κ3) is 6.27. The molecule has 6 nitrogen and oxygen atoms in total. The van der Waals surface area contributed by atoms with Crippen LogP contribution in [0.2, 0.25) is 0 Å². The summed E-state index contributed by atoms with van der Waals surface area (Å²) in [7, 11) is 0. The number of hydrogen-bond donors (Lipinski definition) is 3. The highest BCUT2D eigenvalue weighted by Gasteiger charge is 2.20. The van der Waals surface area contributed by atoms with E-state index >= 15 is 0 Å². The average molecular weight is 292 g/mol. The van der Waals surface area contributed by atoms with E-state index in [0.717, 1.165) is 12.5 Å². The van der Waals surface area contributed by atoms with Crippen molar-refractivity contribution >= 4 is 17.7 Å². The first-order chi connectivity index (χ1) is 10.1. The largest absolute Gasteiger partial charge is 0.481 e. The number of carbonyl (C=O) groups excluding carboxylic acids is 1. The summed E-state index contributed by atoms with van der Waals surface area (Å²) in [6.45, 7) is 1.73. The first-order valence-electron chi connectivity index (χ1n) is 7.07. The van der Waals surface area contributed by atoms with Gasteiger partial charge in [0.25, 0.3) is 0 Å². The van der Waals surface area contributed by atoms with Crippen LogP contribution in [0.1, 0.15) is 18.4 Å².